The second-order valence-corrected chi connectivity index (χ2v) is 4.32. The molecule has 0 atom stereocenters. The highest BCUT2D eigenvalue weighted by Crippen LogP contribution is 2.29. The number of nitrogens with zero attached hydrogens (tertiary/aromatic N) is 1. The summed E-state index contributed by atoms with van der Waals surface area (Å²) < 4.78 is 13.6. The summed E-state index contributed by atoms with van der Waals surface area (Å²) in [5, 5.41) is 3.17. The standard InChI is InChI=1S/C12H10FN3S/c13-8-3-1-2-7(6-8)10-9-4-5-14-11(9)16-12(17)15-10/h1-3,6H,4-5H2,(H2,14,15,16,17). The van der Waals surface area contributed by atoms with Crippen LogP contribution in [0.2, 0.25) is 0 Å². The number of nitrogens with one attached hydrogen (secondary N) is 2. The summed E-state index contributed by atoms with van der Waals surface area (Å²) in [4.78, 5) is 7.26. The normalized spacial score (nSPS) is 13.2. The van der Waals surface area contributed by atoms with Crippen molar-refractivity contribution in [3.05, 3.63) is 40.4 Å². The number of aromatic amines is 1. The second kappa shape index (κ2) is 3.92. The molecule has 0 saturated heterocycles. The van der Waals surface area contributed by atoms with Crippen LogP contribution in [-0.4, -0.2) is 16.5 Å². The molecule has 0 saturated carbocycles. The molecule has 1 aromatic heterocycles. The van der Waals surface area contributed by atoms with Gasteiger partial charge in [0.15, 0.2) is 4.77 Å². The fourth-order valence-electron chi connectivity index (χ4n) is 2.08. The molecule has 0 radical (unpaired) electrons. The Kier molecular flexibility index (Phi) is 2.40. The Labute approximate surface area is 103 Å². The Bertz CT molecular complexity index is 636. The van der Waals surface area contributed by atoms with Crippen LogP contribution >= 0.6 is 12.2 Å². The molecule has 0 fully saturated rings. The molecule has 17 heavy (non-hydrogen) atoms. The predicted molar refractivity (Wildman–Crippen MR) is 67.0 cm³/mol. The monoisotopic (exact) mass is 247 g/mol. The summed E-state index contributed by atoms with van der Waals surface area (Å²) in [5.74, 6) is 0.561. The zero-order valence-electron chi connectivity index (χ0n) is 8.96. The van der Waals surface area contributed by atoms with Gasteiger partial charge in [-0.15, -0.1) is 0 Å². The van der Waals surface area contributed by atoms with Gasteiger partial charge in [-0.25, -0.2) is 9.37 Å². The lowest BCUT2D eigenvalue weighted by molar-refractivity contribution is 0.628. The van der Waals surface area contributed by atoms with Gasteiger partial charge in [-0.2, -0.15) is 0 Å². The number of anilines is 1. The first-order chi connectivity index (χ1) is 8.24. The molecule has 0 spiro atoms. The van der Waals surface area contributed by atoms with E-state index in [1.54, 1.807) is 6.07 Å². The highest BCUT2D eigenvalue weighted by Gasteiger charge is 2.17. The summed E-state index contributed by atoms with van der Waals surface area (Å²) in [6, 6.07) is 6.48. The number of benzene rings is 1. The molecule has 0 aliphatic carbocycles. The lowest BCUT2D eigenvalue weighted by Crippen LogP contribution is -1.96. The molecular formula is C12H10FN3S. The van der Waals surface area contributed by atoms with Gasteiger partial charge in [0.25, 0.3) is 0 Å². The van der Waals surface area contributed by atoms with Gasteiger partial charge >= 0.3 is 0 Å². The number of rotatable bonds is 1. The maximum Gasteiger partial charge on any atom is 0.199 e. The van der Waals surface area contributed by atoms with Gasteiger partial charge in [-0.05, 0) is 30.8 Å². The Morgan fingerprint density at radius 1 is 1.35 bits per heavy atom. The van der Waals surface area contributed by atoms with Crippen molar-refractivity contribution in [2.75, 3.05) is 11.9 Å². The van der Waals surface area contributed by atoms with Crippen molar-refractivity contribution in [1.29, 1.82) is 0 Å². The van der Waals surface area contributed by atoms with E-state index < -0.39 is 0 Å². The average Bonchev–Trinajstić information content (AvgIpc) is 2.75. The summed E-state index contributed by atoms with van der Waals surface area (Å²) in [7, 11) is 0. The first kappa shape index (κ1) is 10.4. The number of H-pyrrole nitrogens is 1. The van der Waals surface area contributed by atoms with Crippen LogP contribution in [0.1, 0.15) is 5.56 Å². The lowest BCUT2D eigenvalue weighted by Gasteiger charge is -2.07. The van der Waals surface area contributed by atoms with Crippen LogP contribution in [0.5, 0.6) is 0 Å². The van der Waals surface area contributed by atoms with Gasteiger partial charge in [0.2, 0.25) is 0 Å². The minimum absolute atomic E-state index is 0.252. The van der Waals surface area contributed by atoms with Crippen LogP contribution in [0.15, 0.2) is 24.3 Å². The van der Waals surface area contributed by atoms with E-state index in [9.17, 15) is 4.39 Å². The maximum atomic E-state index is 13.2. The molecule has 2 N–H and O–H groups in total. The molecule has 2 aromatic rings. The maximum absolute atomic E-state index is 13.2. The van der Waals surface area contributed by atoms with Gasteiger partial charge in [0.05, 0.1) is 5.69 Å². The zero-order chi connectivity index (χ0) is 11.8. The largest absolute Gasteiger partial charge is 0.369 e. The third-order valence-corrected chi connectivity index (χ3v) is 3.01. The van der Waals surface area contributed by atoms with E-state index in [2.05, 4.69) is 15.3 Å². The molecule has 3 nitrogen and oxygen atoms in total. The quantitative estimate of drug-likeness (QED) is 0.761. The molecule has 2 heterocycles. The van der Waals surface area contributed by atoms with Crippen molar-refractivity contribution in [2.45, 2.75) is 6.42 Å². The smallest absolute Gasteiger partial charge is 0.199 e. The highest BCUT2D eigenvalue weighted by molar-refractivity contribution is 7.71. The van der Waals surface area contributed by atoms with Crippen LogP contribution in [0.25, 0.3) is 11.3 Å². The summed E-state index contributed by atoms with van der Waals surface area (Å²) in [5.41, 5.74) is 2.74. The van der Waals surface area contributed by atoms with Gasteiger partial charge in [-0.1, -0.05) is 12.1 Å². The van der Waals surface area contributed by atoms with Crippen molar-refractivity contribution in [3.8, 4) is 11.3 Å². The van der Waals surface area contributed by atoms with Crippen LogP contribution < -0.4 is 5.32 Å². The third kappa shape index (κ3) is 1.82. The third-order valence-electron chi connectivity index (χ3n) is 2.81. The van der Waals surface area contributed by atoms with Crippen molar-refractivity contribution < 1.29 is 4.39 Å². The van der Waals surface area contributed by atoms with E-state index in [0.29, 0.717) is 4.77 Å². The molecule has 86 valence electrons. The SMILES string of the molecule is Fc1cccc(-c2[nH]c(=S)nc3c2CCN3)c1. The van der Waals surface area contributed by atoms with Crippen LogP contribution in [0, 0.1) is 10.6 Å². The van der Waals surface area contributed by atoms with E-state index in [0.717, 1.165) is 35.6 Å². The molecule has 1 aliphatic rings. The minimum atomic E-state index is -0.252. The van der Waals surface area contributed by atoms with Crippen molar-refractivity contribution in [3.63, 3.8) is 0 Å². The van der Waals surface area contributed by atoms with Gasteiger partial charge in [-0.3, -0.25) is 0 Å². The van der Waals surface area contributed by atoms with Gasteiger partial charge in [0, 0.05) is 17.7 Å². The van der Waals surface area contributed by atoms with E-state index in [1.165, 1.54) is 12.1 Å². The number of aromatic nitrogens is 2. The van der Waals surface area contributed by atoms with Crippen molar-refractivity contribution in [1.82, 2.24) is 9.97 Å². The van der Waals surface area contributed by atoms with Crippen LogP contribution in [-0.2, 0) is 6.42 Å². The van der Waals surface area contributed by atoms with E-state index in [4.69, 9.17) is 12.2 Å². The zero-order valence-corrected chi connectivity index (χ0v) is 9.77. The Hall–Kier alpha value is -1.75. The predicted octanol–water partition coefficient (Wildman–Crippen LogP) is 2.91. The van der Waals surface area contributed by atoms with E-state index >= 15 is 0 Å². The van der Waals surface area contributed by atoms with Gasteiger partial charge < -0.3 is 10.3 Å². The Balaban J connectivity index is 2.24. The molecule has 1 aliphatic heterocycles. The second-order valence-electron chi connectivity index (χ2n) is 3.93. The molecule has 3 rings (SSSR count). The van der Waals surface area contributed by atoms with E-state index in [1.807, 2.05) is 6.07 Å². The summed E-state index contributed by atoms with van der Waals surface area (Å²) >= 11 is 5.07. The Morgan fingerprint density at radius 3 is 3.06 bits per heavy atom. The van der Waals surface area contributed by atoms with Gasteiger partial charge in [0.1, 0.15) is 11.6 Å². The minimum Gasteiger partial charge on any atom is -0.369 e. The first-order valence-corrected chi connectivity index (χ1v) is 5.78. The van der Waals surface area contributed by atoms with Crippen molar-refractivity contribution in [2.24, 2.45) is 0 Å². The molecule has 1 aromatic carbocycles. The molecule has 0 unspecified atom stereocenters. The number of halogens is 1. The molecule has 0 bridgehead atoms. The molecule has 0 amide bonds. The summed E-state index contributed by atoms with van der Waals surface area (Å²) in [6.07, 6.45) is 0.875. The van der Waals surface area contributed by atoms with E-state index in [-0.39, 0.29) is 5.82 Å². The number of fused-ring (bicyclic) bond motifs is 1. The number of hydrogen-bond acceptors (Lipinski definition) is 3. The average molecular weight is 247 g/mol. The number of hydrogen-bond donors (Lipinski definition) is 2. The lowest BCUT2D eigenvalue weighted by atomic mass is 10.1. The molecule has 5 heteroatoms. The Morgan fingerprint density at radius 2 is 2.24 bits per heavy atom. The first-order valence-electron chi connectivity index (χ1n) is 5.37. The molecular weight excluding hydrogens is 237 g/mol. The topological polar surface area (TPSA) is 40.7 Å². The summed E-state index contributed by atoms with van der Waals surface area (Å²) in [6.45, 7) is 0.845. The van der Waals surface area contributed by atoms with Crippen LogP contribution in [0.3, 0.4) is 0 Å². The van der Waals surface area contributed by atoms with Crippen LogP contribution in [0.4, 0.5) is 10.2 Å². The van der Waals surface area contributed by atoms with Crippen molar-refractivity contribution >= 4 is 18.0 Å². The highest BCUT2D eigenvalue weighted by atomic mass is 32.1. The fourth-order valence-corrected chi connectivity index (χ4v) is 2.28. The fraction of sp³-hybridized carbons (Fsp3) is 0.167.